The topological polar surface area (TPSA) is 37.3 Å². The van der Waals surface area contributed by atoms with Gasteiger partial charge in [0.05, 0.1) is 6.10 Å². The molecular weight excluding hydrogens is 176 g/mol. The molecule has 0 spiro atoms. The van der Waals surface area contributed by atoms with Crippen LogP contribution in [0, 0.1) is 0 Å². The molecule has 1 N–H and O–H groups in total. The SMILES string of the molecule is CC(=O)/C=C/C(O)CCCCCl. The molecule has 0 saturated heterocycles. The van der Waals surface area contributed by atoms with Crippen LogP contribution in [0.1, 0.15) is 26.2 Å². The number of allylic oxidation sites excluding steroid dienone is 1. The number of hydrogen-bond donors (Lipinski definition) is 1. The van der Waals surface area contributed by atoms with E-state index in [1.54, 1.807) is 0 Å². The second-order valence-corrected chi connectivity index (χ2v) is 3.10. The van der Waals surface area contributed by atoms with Gasteiger partial charge in [0.1, 0.15) is 0 Å². The Balaban J connectivity index is 3.45. The van der Waals surface area contributed by atoms with Crippen molar-refractivity contribution in [2.45, 2.75) is 32.3 Å². The lowest BCUT2D eigenvalue weighted by atomic mass is 10.1. The number of aliphatic hydroxyl groups excluding tert-OH is 1. The number of halogens is 1. The summed E-state index contributed by atoms with van der Waals surface area (Å²) in [5.74, 6) is 0.592. The van der Waals surface area contributed by atoms with E-state index in [4.69, 9.17) is 11.6 Å². The highest BCUT2D eigenvalue weighted by Gasteiger charge is 1.98. The molecule has 0 fully saturated rings. The molecule has 1 unspecified atom stereocenters. The quantitative estimate of drug-likeness (QED) is 0.395. The lowest BCUT2D eigenvalue weighted by Gasteiger charge is -2.02. The van der Waals surface area contributed by atoms with Crippen LogP contribution in [0.25, 0.3) is 0 Å². The zero-order chi connectivity index (χ0) is 9.40. The summed E-state index contributed by atoms with van der Waals surface area (Å²) < 4.78 is 0. The van der Waals surface area contributed by atoms with Crippen LogP contribution in [0.5, 0.6) is 0 Å². The molecular formula is C9H15ClO2. The largest absolute Gasteiger partial charge is 0.389 e. The first kappa shape index (κ1) is 11.7. The third kappa shape index (κ3) is 7.76. The van der Waals surface area contributed by atoms with E-state index in [0.29, 0.717) is 12.3 Å². The van der Waals surface area contributed by atoms with Crippen LogP contribution in [-0.4, -0.2) is 22.9 Å². The predicted molar refractivity (Wildman–Crippen MR) is 50.4 cm³/mol. The van der Waals surface area contributed by atoms with Gasteiger partial charge in [0.25, 0.3) is 0 Å². The maximum atomic E-state index is 10.5. The van der Waals surface area contributed by atoms with E-state index in [0.717, 1.165) is 12.8 Å². The lowest BCUT2D eigenvalue weighted by molar-refractivity contribution is -0.112. The molecule has 0 aliphatic carbocycles. The third-order valence-corrected chi connectivity index (χ3v) is 1.70. The molecule has 0 aromatic carbocycles. The summed E-state index contributed by atoms with van der Waals surface area (Å²) in [6, 6.07) is 0. The molecule has 0 amide bonds. The Hall–Kier alpha value is -0.340. The zero-order valence-electron chi connectivity index (χ0n) is 7.29. The van der Waals surface area contributed by atoms with Gasteiger partial charge in [0.15, 0.2) is 5.78 Å². The van der Waals surface area contributed by atoms with Crippen molar-refractivity contribution in [2.24, 2.45) is 0 Å². The van der Waals surface area contributed by atoms with Gasteiger partial charge in [-0.2, -0.15) is 0 Å². The number of carbonyl (C=O) groups is 1. The van der Waals surface area contributed by atoms with Crippen molar-refractivity contribution < 1.29 is 9.90 Å². The summed E-state index contributed by atoms with van der Waals surface area (Å²) in [5, 5.41) is 9.24. The Morgan fingerprint density at radius 3 is 2.75 bits per heavy atom. The normalized spacial score (nSPS) is 13.6. The van der Waals surface area contributed by atoms with Gasteiger partial charge in [0, 0.05) is 5.88 Å². The molecule has 12 heavy (non-hydrogen) atoms. The fourth-order valence-electron chi connectivity index (χ4n) is 0.791. The Labute approximate surface area is 78.2 Å². The summed E-state index contributed by atoms with van der Waals surface area (Å²) in [4.78, 5) is 10.5. The smallest absolute Gasteiger partial charge is 0.152 e. The average Bonchev–Trinajstić information content (AvgIpc) is 2.01. The Morgan fingerprint density at radius 1 is 1.58 bits per heavy atom. The number of rotatable bonds is 6. The number of unbranched alkanes of at least 4 members (excludes halogenated alkanes) is 1. The highest BCUT2D eigenvalue weighted by Crippen LogP contribution is 2.02. The van der Waals surface area contributed by atoms with Gasteiger partial charge >= 0.3 is 0 Å². The van der Waals surface area contributed by atoms with Gasteiger partial charge in [-0.05, 0) is 32.3 Å². The molecule has 3 heteroatoms. The molecule has 0 aliphatic heterocycles. The highest BCUT2D eigenvalue weighted by atomic mass is 35.5. The van der Waals surface area contributed by atoms with E-state index in [-0.39, 0.29) is 5.78 Å². The maximum absolute atomic E-state index is 10.5. The van der Waals surface area contributed by atoms with Gasteiger partial charge in [-0.15, -0.1) is 11.6 Å². The van der Waals surface area contributed by atoms with E-state index in [2.05, 4.69) is 0 Å². The first-order valence-corrected chi connectivity index (χ1v) is 4.63. The minimum absolute atomic E-state index is 0.0357. The van der Waals surface area contributed by atoms with Crippen molar-refractivity contribution in [1.29, 1.82) is 0 Å². The molecule has 0 radical (unpaired) electrons. The van der Waals surface area contributed by atoms with Gasteiger partial charge in [0.2, 0.25) is 0 Å². The highest BCUT2D eigenvalue weighted by molar-refractivity contribution is 6.17. The summed E-state index contributed by atoms with van der Waals surface area (Å²) >= 11 is 5.46. The molecule has 0 saturated carbocycles. The van der Waals surface area contributed by atoms with Crippen LogP contribution >= 0.6 is 11.6 Å². The van der Waals surface area contributed by atoms with Crippen molar-refractivity contribution in [3.8, 4) is 0 Å². The van der Waals surface area contributed by atoms with Crippen LogP contribution in [0.15, 0.2) is 12.2 Å². The van der Waals surface area contributed by atoms with Crippen molar-refractivity contribution in [3.63, 3.8) is 0 Å². The van der Waals surface area contributed by atoms with Crippen molar-refractivity contribution >= 4 is 17.4 Å². The number of carbonyl (C=O) groups excluding carboxylic acids is 1. The molecule has 1 atom stereocenters. The molecule has 0 heterocycles. The number of aliphatic hydroxyl groups is 1. The second-order valence-electron chi connectivity index (χ2n) is 2.72. The molecule has 0 aromatic rings. The van der Waals surface area contributed by atoms with Crippen LogP contribution in [-0.2, 0) is 4.79 Å². The first-order chi connectivity index (χ1) is 5.66. The Kier molecular flexibility index (Phi) is 7.11. The van der Waals surface area contributed by atoms with E-state index >= 15 is 0 Å². The van der Waals surface area contributed by atoms with E-state index in [9.17, 15) is 9.90 Å². The number of ketones is 1. The number of hydrogen-bond acceptors (Lipinski definition) is 2. The monoisotopic (exact) mass is 190 g/mol. The summed E-state index contributed by atoms with van der Waals surface area (Å²) in [6.45, 7) is 1.46. The van der Waals surface area contributed by atoms with E-state index < -0.39 is 6.10 Å². The minimum Gasteiger partial charge on any atom is -0.389 e. The zero-order valence-corrected chi connectivity index (χ0v) is 8.05. The van der Waals surface area contributed by atoms with Gasteiger partial charge in [-0.3, -0.25) is 4.79 Å². The standard InChI is InChI=1S/C9H15ClO2/c1-8(11)5-6-9(12)4-2-3-7-10/h5-6,9,12H,2-4,7H2,1H3/b6-5+. The van der Waals surface area contributed by atoms with Crippen LogP contribution in [0.4, 0.5) is 0 Å². The lowest BCUT2D eigenvalue weighted by Crippen LogP contribution is -2.02. The fraction of sp³-hybridized carbons (Fsp3) is 0.667. The molecule has 0 bridgehead atoms. The predicted octanol–water partition coefficient (Wildman–Crippen LogP) is 1.90. The van der Waals surface area contributed by atoms with Gasteiger partial charge in [-0.1, -0.05) is 6.08 Å². The average molecular weight is 191 g/mol. The van der Waals surface area contributed by atoms with Gasteiger partial charge in [-0.25, -0.2) is 0 Å². The first-order valence-electron chi connectivity index (χ1n) is 4.09. The Bertz CT molecular complexity index is 155. The molecule has 0 rings (SSSR count). The van der Waals surface area contributed by atoms with E-state index in [1.807, 2.05) is 0 Å². The molecule has 2 nitrogen and oxygen atoms in total. The Morgan fingerprint density at radius 2 is 2.25 bits per heavy atom. The van der Waals surface area contributed by atoms with E-state index in [1.165, 1.54) is 19.1 Å². The van der Waals surface area contributed by atoms with Crippen LogP contribution in [0.3, 0.4) is 0 Å². The minimum atomic E-state index is -0.503. The summed E-state index contributed by atoms with van der Waals surface area (Å²) in [5.41, 5.74) is 0. The molecule has 0 aromatic heterocycles. The van der Waals surface area contributed by atoms with Crippen molar-refractivity contribution in [1.82, 2.24) is 0 Å². The molecule has 70 valence electrons. The van der Waals surface area contributed by atoms with Crippen molar-refractivity contribution in [3.05, 3.63) is 12.2 Å². The summed E-state index contributed by atoms with van der Waals surface area (Å²) in [7, 11) is 0. The number of alkyl halides is 1. The van der Waals surface area contributed by atoms with Crippen LogP contribution < -0.4 is 0 Å². The third-order valence-electron chi connectivity index (χ3n) is 1.44. The fourth-order valence-corrected chi connectivity index (χ4v) is 0.980. The van der Waals surface area contributed by atoms with Crippen molar-refractivity contribution in [2.75, 3.05) is 5.88 Å². The summed E-state index contributed by atoms with van der Waals surface area (Å²) in [6.07, 6.45) is 4.90. The maximum Gasteiger partial charge on any atom is 0.152 e. The van der Waals surface area contributed by atoms with Gasteiger partial charge < -0.3 is 5.11 Å². The second kappa shape index (κ2) is 7.32. The molecule has 0 aliphatic rings. The van der Waals surface area contributed by atoms with Crippen LogP contribution in [0.2, 0.25) is 0 Å².